The molecule has 0 spiro atoms. The quantitative estimate of drug-likeness (QED) is 0.327. The first-order valence-electron chi connectivity index (χ1n) is 8.65. The average molecular weight is 373 g/mol. The number of nitrogens with two attached hydrogens (primary N) is 1. The van der Waals surface area contributed by atoms with Gasteiger partial charge in [-0.3, -0.25) is 5.10 Å². The van der Waals surface area contributed by atoms with E-state index in [2.05, 4.69) is 31.6 Å². The smallest absolute Gasteiger partial charge is 0.135 e. The topological polar surface area (TPSA) is 91.0 Å². The highest BCUT2D eigenvalue weighted by molar-refractivity contribution is 5.76. The number of allylic oxidation sites excluding steroid dienone is 3. The number of aromatic amines is 1. The third-order valence-corrected chi connectivity index (χ3v) is 4.49. The van der Waals surface area contributed by atoms with Gasteiger partial charge < -0.3 is 19.8 Å². The summed E-state index contributed by atoms with van der Waals surface area (Å²) in [6.07, 6.45) is 9.18. The SMILES string of the molecule is CO/C=C/C=C(\N)C#Cc1ncn2c1Cc1cn[nH]c1-c1cc(OC)ccc1-2. The summed E-state index contributed by atoms with van der Waals surface area (Å²) < 4.78 is 12.3. The molecule has 0 bridgehead atoms. The minimum atomic E-state index is 0.429. The van der Waals surface area contributed by atoms with Crippen molar-refractivity contribution in [2.75, 3.05) is 14.2 Å². The van der Waals surface area contributed by atoms with Gasteiger partial charge in [-0.2, -0.15) is 5.10 Å². The van der Waals surface area contributed by atoms with Gasteiger partial charge in [-0.1, -0.05) is 0 Å². The molecular weight excluding hydrogens is 354 g/mol. The molecule has 140 valence electrons. The normalized spacial score (nSPS) is 12.4. The van der Waals surface area contributed by atoms with E-state index < -0.39 is 0 Å². The summed E-state index contributed by atoms with van der Waals surface area (Å²) in [6, 6.07) is 5.93. The molecule has 7 heteroatoms. The van der Waals surface area contributed by atoms with Gasteiger partial charge in [0.1, 0.15) is 17.8 Å². The monoisotopic (exact) mass is 373 g/mol. The number of ether oxygens (including phenoxy) is 2. The number of H-pyrrole nitrogens is 1. The standard InChI is InChI=1S/C21H19N5O2/c1-27-9-3-4-15(22)5-7-18-20-10-14-12-24-25-21(14)17-11-16(28-2)6-8-19(17)26(20)13-23-18/h3-4,6,8-9,11-13H,10,22H2,1-2H3,(H,24,25)/b9-3+,15-4-. The predicted octanol–water partition coefficient (Wildman–Crippen LogP) is 2.53. The maximum absolute atomic E-state index is 5.92. The van der Waals surface area contributed by atoms with Crippen LogP contribution in [0.5, 0.6) is 5.75 Å². The van der Waals surface area contributed by atoms with Crippen LogP contribution in [0.25, 0.3) is 16.9 Å². The summed E-state index contributed by atoms with van der Waals surface area (Å²) in [5, 5.41) is 7.33. The molecular formula is C21H19N5O2. The molecule has 1 aromatic carbocycles. The van der Waals surface area contributed by atoms with Crippen LogP contribution in [-0.4, -0.2) is 34.0 Å². The Kier molecular flexibility index (Phi) is 4.60. The Morgan fingerprint density at radius 2 is 2.25 bits per heavy atom. The summed E-state index contributed by atoms with van der Waals surface area (Å²) in [5.41, 5.74) is 12.1. The van der Waals surface area contributed by atoms with Gasteiger partial charge in [-0.15, -0.1) is 0 Å². The molecule has 28 heavy (non-hydrogen) atoms. The van der Waals surface area contributed by atoms with E-state index in [-0.39, 0.29) is 0 Å². The molecule has 0 radical (unpaired) electrons. The number of hydrogen-bond donors (Lipinski definition) is 2. The highest BCUT2D eigenvalue weighted by Gasteiger charge is 2.23. The van der Waals surface area contributed by atoms with Crippen LogP contribution in [0, 0.1) is 11.8 Å². The van der Waals surface area contributed by atoms with Crippen molar-refractivity contribution in [3.05, 3.63) is 71.8 Å². The van der Waals surface area contributed by atoms with Crippen LogP contribution >= 0.6 is 0 Å². The fourth-order valence-electron chi connectivity index (χ4n) is 3.16. The van der Waals surface area contributed by atoms with Gasteiger partial charge >= 0.3 is 0 Å². The molecule has 0 saturated carbocycles. The third-order valence-electron chi connectivity index (χ3n) is 4.49. The molecule has 0 aliphatic carbocycles. The van der Waals surface area contributed by atoms with Crippen LogP contribution < -0.4 is 10.5 Å². The fourth-order valence-corrected chi connectivity index (χ4v) is 3.16. The third kappa shape index (κ3) is 3.12. The number of imidazole rings is 1. The Labute approximate surface area is 162 Å². The van der Waals surface area contributed by atoms with E-state index in [4.69, 9.17) is 15.2 Å². The maximum atomic E-state index is 5.92. The van der Waals surface area contributed by atoms with Crippen LogP contribution in [0.3, 0.4) is 0 Å². The molecule has 1 aliphatic heterocycles. The molecule has 0 unspecified atom stereocenters. The summed E-state index contributed by atoms with van der Waals surface area (Å²) in [7, 11) is 3.23. The molecule has 0 atom stereocenters. The van der Waals surface area contributed by atoms with Crippen molar-refractivity contribution in [2.24, 2.45) is 5.73 Å². The van der Waals surface area contributed by atoms with Gasteiger partial charge in [0.2, 0.25) is 0 Å². The Hall–Kier alpha value is -3.92. The van der Waals surface area contributed by atoms with Crippen molar-refractivity contribution in [1.29, 1.82) is 0 Å². The van der Waals surface area contributed by atoms with E-state index in [0.29, 0.717) is 17.8 Å². The van der Waals surface area contributed by atoms with Gasteiger partial charge in [0.25, 0.3) is 0 Å². The predicted molar refractivity (Wildman–Crippen MR) is 106 cm³/mol. The van der Waals surface area contributed by atoms with E-state index in [1.165, 1.54) is 6.26 Å². The number of methoxy groups -OCH3 is 2. The minimum absolute atomic E-state index is 0.429. The number of fused-ring (bicyclic) bond motifs is 5. The molecule has 3 N–H and O–H groups in total. The lowest BCUT2D eigenvalue weighted by molar-refractivity contribution is 0.338. The Morgan fingerprint density at radius 1 is 1.36 bits per heavy atom. The van der Waals surface area contributed by atoms with Crippen molar-refractivity contribution in [1.82, 2.24) is 19.7 Å². The molecule has 2 aromatic heterocycles. The summed E-state index contributed by atoms with van der Waals surface area (Å²) in [4.78, 5) is 4.51. The second kappa shape index (κ2) is 7.37. The summed E-state index contributed by atoms with van der Waals surface area (Å²) in [6.45, 7) is 0. The fraction of sp³-hybridized carbons (Fsp3) is 0.143. The highest BCUT2D eigenvalue weighted by atomic mass is 16.5. The van der Waals surface area contributed by atoms with E-state index in [1.54, 1.807) is 32.7 Å². The summed E-state index contributed by atoms with van der Waals surface area (Å²) >= 11 is 0. The van der Waals surface area contributed by atoms with E-state index in [1.807, 2.05) is 24.4 Å². The minimum Gasteiger partial charge on any atom is -0.504 e. The highest BCUT2D eigenvalue weighted by Crippen LogP contribution is 2.36. The number of hydrogen-bond acceptors (Lipinski definition) is 5. The first kappa shape index (κ1) is 17.5. The number of rotatable bonds is 3. The first-order valence-corrected chi connectivity index (χ1v) is 8.65. The van der Waals surface area contributed by atoms with Gasteiger partial charge in [0.15, 0.2) is 0 Å². The first-order chi connectivity index (χ1) is 13.7. The zero-order valence-corrected chi connectivity index (χ0v) is 15.6. The molecule has 0 amide bonds. The molecule has 4 rings (SSSR count). The molecule has 1 aliphatic rings. The Bertz CT molecular complexity index is 1140. The van der Waals surface area contributed by atoms with Crippen LogP contribution in [0.2, 0.25) is 0 Å². The van der Waals surface area contributed by atoms with Crippen LogP contribution in [0.1, 0.15) is 17.0 Å². The van der Waals surface area contributed by atoms with Crippen molar-refractivity contribution < 1.29 is 9.47 Å². The van der Waals surface area contributed by atoms with Crippen LogP contribution in [-0.2, 0) is 11.2 Å². The lowest BCUT2D eigenvalue weighted by atomic mass is 10.0. The Balaban J connectivity index is 1.81. The lowest BCUT2D eigenvalue weighted by Crippen LogP contribution is -2.00. The molecule has 7 nitrogen and oxygen atoms in total. The number of benzene rings is 1. The van der Waals surface area contributed by atoms with Crippen molar-refractivity contribution in [2.45, 2.75) is 6.42 Å². The molecule has 3 aromatic rings. The Morgan fingerprint density at radius 3 is 3.07 bits per heavy atom. The zero-order chi connectivity index (χ0) is 19.5. The van der Waals surface area contributed by atoms with Crippen molar-refractivity contribution in [3.8, 4) is 34.5 Å². The van der Waals surface area contributed by atoms with Gasteiger partial charge in [0.05, 0.1) is 49.5 Å². The second-order valence-electron chi connectivity index (χ2n) is 6.18. The average Bonchev–Trinajstić information content (AvgIpc) is 3.31. The van der Waals surface area contributed by atoms with Gasteiger partial charge in [-0.05, 0) is 42.2 Å². The van der Waals surface area contributed by atoms with Crippen LogP contribution in [0.15, 0.2) is 54.8 Å². The second-order valence-corrected chi connectivity index (χ2v) is 6.18. The van der Waals surface area contributed by atoms with E-state index >= 15 is 0 Å². The largest absolute Gasteiger partial charge is 0.504 e. The number of nitrogens with zero attached hydrogens (tertiary/aromatic N) is 3. The van der Waals surface area contributed by atoms with Crippen LogP contribution in [0.4, 0.5) is 0 Å². The lowest BCUT2D eigenvalue weighted by Gasteiger charge is -2.11. The van der Waals surface area contributed by atoms with Crippen molar-refractivity contribution >= 4 is 0 Å². The van der Waals surface area contributed by atoms with Gasteiger partial charge in [0, 0.05) is 17.5 Å². The van der Waals surface area contributed by atoms with E-state index in [9.17, 15) is 0 Å². The van der Waals surface area contributed by atoms with Gasteiger partial charge in [-0.25, -0.2) is 4.98 Å². The van der Waals surface area contributed by atoms with E-state index in [0.717, 1.165) is 34.0 Å². The number of nitrogens with one attached hydrogen (secondary N) is 1. The van der Waals surface area contributed by atoms with Crippen molar-refractivity contribution in [3.63, 3.8) is 0 Å². The molecule has 0 fully saturated rings. The zero-order valence-electron chi connectivity index (χ0n) is 15.6. The molecule has 3 heterocycles. The summed E-state index contributed by atoms with van der Waals surface area (Å²) in [5.74, 6) is 6.80. The maximum Gasteiger partial charge on any atom is 0.135 e. The molecule has 0 saturated heterocycles. The number of aromatic nitrogens is 4.